The summed E-state index contributed by atoms with van der Waals surface area (Å²) in [5.41, 5.74) is 4.13. The second-order valence-electron chi connectivity index (χ2n) is 2.10. The Morgan fingerprint density at radius 1 is 1.27 bits per heavy atom. The van der Waals surface area contributed by atoms with Crippen molar-refractivity contribution < 1.29 is 4.12 Å². The van der Waals surface area contributed by atoms with Crippen LogP contribution in [0.1, 0.15) is 5.56 Å². The molecule has 0 bridgehead atoms. The molecule has 0 aromatic heterocycles. The molecule has 0 heterocycles. The highest BCUT2D eigenvalue weighted by molar-refractivity contribution is 6.43. The van der Waals surface area contributed by atoms with Gasteiger partial charge >= 0.3 is 0 Å². The van der Waals surface area contributed by atoms with Gasteiger partial charge in [-0.3, -0.25) is 0 Å². The molecule has 0 unspecified atom stereocenters. The summed E-state index contributed by atoms with van der Waals surface area (Å²) in [6.45, 7) is 0. The molecule has 1 aromatic carbocycles. The molecule has 0 amide bonds. The van der Waals surface area contributed by atoms with E-state index in [1.807, 2.05) is 30.3 Å². The lowest BCUT2D eigenvalue weighted by Gasteiger charge is -1.86. The van der Waals surface area contributed by atoms with Crippen molar-refractivity contribution in [1.29, 1.82) is 0 Å². The summed E-state index contributed by atoms with van der Waals surface area (Å²) >= 11 is 0. The van der Waals surface area contributed by atoms with Gasteiger partial charge in [-0.1, -0.05) is 24.1 Å². The molecule has 0 aliphatic rings. The quantitative estimate of drug-likeness (QED) is 0.411. The molecule has 0 spiro atoms. The van der Waals surface area contributed by atoms with Crippen LogP contribution in [0.3, 0.4) is 0 Å². The zero-order valence-corrected chi connectivity index (χ0v) is 9.92. The fourth-order valence-electron chi connectivity index (χ4n) is 0.732. The third-order valence-electron chi connectivity index (χ3n) is 1.22. The van der Waals surface area contributed by atoms with Gasteiger partial charge in [0.15, 0.2) is 0 Å². The summed E-state index contributed by atoms with van der Waals surface area (Å²) in [6, 6.07) is 10.00. The minimum Gasteiger partial charge on any atom is -0.459 e. The van der Waals surface area contributed by atoms with Crippen LogP contribution in [0.5, 0.6) is 0 Å². The largest absolute Gasteiger partial charge is 0.459 e. The lowest BCUT2D eigenvalue weighted by atomic mass is 10.2. The van der Waals surface area contributed by atoms with Crippen LogP contribution in [0.25, 0.3) is 0 Å². The molecule has 56 valence electrons. The molecule has 11 heavy (non-hydrogen) atoms. The monoisotopic (exact) mass is 178 g/mol. The molecule has 0 N–H and O–H groups in total. The van der Waals surface area contributed by atoms with Crippen molar-refractivity contribution in [3.8, 4) is 11.5 Å². The third kappa shape index (κ3) is 3.19. The van der Waals surface area contributed by atoms with Crippen LogP contribution >= 0.6 is 0 Å². The maximum absolute atomic E-state index is 5.07. The van der Waals surface area contributed by atoms with Crippen LogP contribution in [-0.2, 0) is 4.12 Å². The Morgan fingerprint density at radius 2 is 2.00 bits per heavy atom. The van der Waals surface area contributed by atoms with Crippen molar-refractivity contribution in [2.75, 3.05) is 0 Å². The van der Waals surface area contributed by atoms with Gasteiger partial charge in [-0.2, -0.15) is 0 Å². The van der Waals surface area contributed by atoms with Crippen molar-refractivity contribution in [1.82, 2.24) is 0 Å². The molecular formula is C8H10OSi2. The van der Waals surface area contributed by atoms with Crippen LogP contribution in [0.2, 0.25) is 0 Å². The maximum Gasteiger partial charge on any atom is 0.229 e. The van der Waals surface area contributed by atoms with Gasteiger partial charge in [0, 0.05) is 5.56 Å². The summed E-state index contributed by atoms with van der Waals surface area (Å²) < 4.78 is 5.07. The van der Waals surface area contributed by atoms with E-state index in [9.17, 15) is 0 Å². The fraction of sp³-hybridized carbons (Fsp3) is 0. The minimum absolute atomic E-state index is 0.521. The highest BCUT2D eigenvalue weighted by Crippen LogP contribution is 1.93. The van der Waals surface area contributed by atoms with E-state index in [2.05, 4.69) is 11.5 Å². The number of hydrogen-bond acceptors (Lipinski definition) is 1. The molecule has 3 heteroatoms. The topological polar surface area (TPSA) is 9.23 Å². The van der Waals surface area contributed by atoms with Crippen LogP contribution in [-0.4, -0.2) is 20.2 Å². The van der Waals surface area contributed by atoms with E-state index >= 15 is 0 Å². The van der Waals surface area contributed by atoms with Gasteiger partial charge < -0.3 is 4.12 Å². The summed E-state index contributed by atoms with van der Waals surface area (Å²) in [6.07, 6.45) is 0. The smallest absolute Gasteiger partial charge is 0.229 e. The Kier molecular flexibility index (Phi) is 3.69. The highest BCUT2D eigenvalue weighted by atomic mass is 28.3. The van der Waals surface area contributed by atoms with E-state index in [1.54, 1.807) is 0 Å². The Bertz CT molecular complexity index is 260. The van der Waals surface area contributed by atoms with Crippen molar-refractivity contribution in [2.24, 2.45) is 0 Å². The summed E-state index contributed by atoms with van der Waals surface area (Å²) in [5.74, 6) is 3.05. The van der Waals surface area contributed by atoms with Gasteiger partial charge in [0.1, 0.15) is 10.5 Å². The zero-order chi connectivity index (χ0) is 7.94. The molecule has 0 aliphatic carbocycles. The van der Waals surface area contributed by atoms with Crippen LogP contribution in [0.15, 0.2) is 30.3 Å². The molecule has 0 radical (unpaired) electrons. The average molecular weight is 178 g/mol. The van der Waals surface area contributed by atoms with E-state index < -0.39 is 9.76 Å². The molecule has 1 rings (SSSR count). The Morgan fingerprint density at radius 3 is 2.64 bits per heavy atom. The average Bonchev–Trinajstić information content (AvgIpc) is 2.07. The molecule has 0 aliphatic heterocycles. The maximum atomic E-state index is 5.07. The molecular weight excluding hydrogens is 168 g/mol. The number of hydrogen-bond donors (Lipinski definition) is 0. The van der Waals surface area contributed by atoms with Gasteiger partial charge in [0.05, 0.1) is 0 Å². The molecule has 1 aromatic rings. The zero-order valence-electron chi connectivity index (χ0n) is 6.50. The standard InChI is InChI=1S/C8H10OSi2/c10-9-11-7-6-8-4-2-1-3-5-8/h1-5H,11H2,10H3. The molecule has 1 nitrogen and oxygen atoms in total. The Balaban J connectivity index is 2.59. The predicted octanol–water partition coefficient (Wildman–Crippen LogP) is -0.624. The first-order chi connectivity index (χ1) is 5.43. The van der Waals surface area contributed by atoms with Crippen molar-refractivity contribution in [3.63, 3.8) is 0 Å². The number of benzene rings is 1. The van der Waals surface area contributed by atoms with Crippen LogP contribution < -0.4 is 0 Å². The Hall–Kier alpha value is -0.826. The fourth-order valence-corrected chi connectivity index (χ4v) is 1.59. The van der Waals surface area contributed by atoms with Crippen molar-refractivity contribution in [3.05, 3.63) is 35.9 Å². The van der Waals surface area contributed by atoms with Gasteiger partial charge in [0.25, 0.3) is 0 Å². The Labute approximate surface area is 72.3 Å². The SMILES string of the molecule is [SiH3]O[SiH2]C#Cc1ccccc1. The lowest BCUT2D eigenvalue weighted by molar-refractivity contribution is 0.678. The van der Waals surface area contributed by atoms with E-state index in [4.69, 9.17) is 4.12 Å². The van der Waals surface area contributed by atoms with E-state index in [1.165, 1.54) is 0 Å². The normalized spacial score (nSPS) is 9.82. The van der Waals surface area contributed by atoms with Crippen LogP contribution in [0.4, 0.5) is 0 Å². The van der Waals surface area contributed by atoms with Crippen molar-refractivity contribution in [2.45, 2.75) is 0 Å². The van der Waals surface area contributed by atoms with E-state index in [0.717, 1.165) is 16.0 Å². The van der Waals surface area contributed by atoms with Gasteiger partial charge in [-0.05, 0) is 12.1 Å². The second-order valence-corrected chi connectivity index (χ2v) is 5.05. The predicted molar refractivity (Wildman–Crippen MR) is 52.9 cm³/mol. The van der Waals surface area contributed by atoms with Crippen molar-refractivity contribution >= 4 is 20.2 Å². The minimum atomic E-state index is -0.521. The molecule has 0 saturated heterocycles. The first kappa shape index (κ1) is 8.27. The first-order valence-corrected chi connectivity index (χ1v) is 5.56. The number of rotatable bonds is 1. The summed E-state index contributed by atoms with van der Waals surface area (Å²) in [4.78, 5) is 0. The van der Waals surface area contributed by atoms with E-state index in [0.29, 0.717) is 0 Å². The molecule has 0 saturated carbocycles. The second kappa shape index (κ2) is 4.91. The highest BCUT2D eigenvalue weighted by Gasteiger charge is 1.79. The van der Waals surface area contributed by atoms with E-state index in [-0.39, 0.29) is 0 Å². The lowest BCUT2D eigenvalue weighted by Crippen LogP contribution is -1.89. The van der Waals surface area contributed by atoms with Gasteiger partial charge in [-0.15, -0.1) is 5.54 Å². The third-order valence-corrected chi connectivity index (χ3v) is 2.70. The molecule has 0 atom stereocenters. The molecule has 0 fully saturated rings. The summed E-state index contributed by atoms with van der Waals surface area (Å²) in [7, 11) is 0.303. The van der Waals surface area contributed by atoms with Gasteiger partial charge in [0.2, 0.25) is 9.76 Å². The van der Waals surface area contributed by atoms with Gasteiger partial charge in [-0.25, -0.2) is 0 Å². The van der Waals surface area contributed by atoms with Crippen LogP contribution in [0, 0.1) is 11.5 Å². The first-order valence-electron chi connectivity index (χ1n) is 3.46. The summed E-state index contributed by atoms with van der Waals surface area (Å²) in [5, 5.41) is 0.